The van der Waals surface area contributed by atoms with E-state index in [1.807, 2.05) is 0 Å². The van der Waals surface area contributed by atoms with E-state index >= 15 is 0 Å². The first kappa shape index (κ1) is 15.3. The highest BCUT2D eigenvalue weighted by molar-refractivity contribution is 7.89. The van der Waals surface area contributed by atoms with Crippen LogP contribution in [-0.2, 0) is 10.0 Å². The predicted molar refractivity (Wildman–Crippen MR) is 75.6 cm³/mol. The van der Waals surface area contributed by atoms with Crippen molar-refractivity contribution in [3.8, 4) is 0 Å². The van der Waals surface area contributed by atoms with E-state index < -0.39 is 16.0 Å². The number of carboxylic acid groups (broad SMARTS) is 1. The molecule has 0 bridgehead atoms. The van der Waals surface area contributed by atoms with Gasteiger partial charge in [0.15, 0.2) is 0 Å². The van der Waals surface area contributed by atoms with Crippen LogP contribution in [0.3, 0.4) is 0 Å². The van der Waals surface area contributed by atoms with Crippen molar-refractivity contribution in [3.63, 3.8) is 0 Å². The maximum absolute atomic E-state index is 12.5. The lowest BCUT2D eigenvalue weighted by Crippen LogP contribution is -2.32. The average Bonchev–Trinajstić information content (AvgIpc) is 3.19. The van der Waals surface area contributed by atoms with Gasteiger partial charge in [0.05, 0.1) is 15.5 Å². The molecule has 0 unspecified atom stereocenters. The largest absolute Gasteiger partial charge is 0.478 e. The van der Waals surface area contributed by atoms with Gasteiger partial charge in [-0.3, -0.25) is 0 Å². The third kappa shape index (κ3) is 3.13. The SMILES string of the molecule is CCN(CC1CC1)S(=O)(=O)c1ccc(C(=O)O)c(Cl)c1. The molecular formula is C13H16ClNO4S. The third-order valence-corrected chi connectivity index (χ3v) is 5.57. The van der Waals surface area contributed by atoms with E-state index in [1.165, 1.54) is 22.5 Å². The highest BCUT2D eigenvalue weighted by atomic mass is 35.5. The van der Waals surface area contributed by atoms with E-state index in [9.17, 15) is 13.2 Å². The van der Waals surface area contributed by atoms with Gasteiger partial charge in [0.25, 0.3) is 0 Å². The van der Waals surface area contributed by atoms with Crippen molar-refractivity contribution in [3.05, 3.63) is 28.8 Å². The Labute approximate surface area is 123 Å². The lowest BCUT2D eigenvalue weighted by atomic mass is 10.2. The second-order valence-electron chi connectivity index (χ2n) is 4.85. The van der Waals surface area contributed by atoms with E-state index in [-0.39, 0.29) is 15.5 Å². The summed E-state index contributed by atoms with van der Waals surface area (Å²) in [5, 5.41) is 8.83. The number of aromatic carboxylic acids is 1. The number of hydrogen-bond acceptors (Lipinski definition) is 3. The Kier molecular flexibility index (Phi) is 4.36. The molecule has 0 aromatic heterocycles. The van der Waals surface area contributed by atoms with E-state index in [4.69, 9.17) is 16.7 Å². The highest BCUT2D eigenvalue weighted by Gasteiger charge is 2.31. The molecule has 1 aromatic rings. The van der Waals surface area contributed by atoms with Crippen molar-refractivity contribution in [2.75, 3.05) is 13.1 Å². The molecule has 1 N–H and O–H groups in total. The quantitative estimate of drug-likeness (QED) is 0.874. The van der Waals surface area contributed by atoms with Crippen molar-refractivity contribution in [2.45, 2.75) is 24.7 Å². The van der Waals surface area contributed by atoms with Gasteiger partial charge >= 0.3 is 5.97 Å². The predicted octanol–water partition coefficient (Wildman–Crippen LogP) is 2.46. The molecule has 0 spiro atoms. The maximum atomic E-state index is 12.5. The Hall–Kier alpha value is -1.11. The van der Waals surface area contributed by atoms with Gasteiger partial charge in [-0.2, -0.15) is 4.31 Å². The molecule has 1 aliphatic rings. The minimum atomic E-state index is -3.62. The molecule has 0 atom stereocenters. The van der Waals surface area contributed by atoms with Crippen molar-refractivity contribution in [1.82, 2.24) is 4.31 Å². The first-order chi connectivity index (χ1) is 9.36. The molecule has 7 heteroatoms. The molecule has 1 aromatic carbocycles. The standard InChI is InChI=1S/C13H16ClNO4S/c1-2-15(8-9-3-4-9)20(18,19)10-5-6-11(13(16)17)12(14)7-10/h5-7,9H,2-4,8H2,1H3,(H,16,17). The van der Waals surface area contributed by atoms with Crippen LogP contribution in [-0.4, -0.2) is 36.9 Å². The zero-order valence-electron chi connectivity index (χ0n) is 11.0. The summed E-state index contributed by atoms with van der Waals surface area (Å²) in [5.41, 5.74) is -0.101. The van der Waals surface area contributed by atoms with Gasteiger partial charge in [0.2, 0.25) is 10.0 Å². The van der Waals surface area contributed by atoms with E-state index in [2.05, 4.69) is 0 Å². The molecule has 2 rings (SSSR count). The Morgan fingerprint density at radius 3 is 2.55 bits per heavy atom. The van der Waals surface area contributed by atoms with Crippen molar-refractivity contribution < 1.29 is 18.3 Å². The zero-order chi connectivity index (χ0) is 14.9. The zero-order valence-corrected chi connectivity index (χ0v) is 12.6. The molecule has 0 heterocycles. The van der Waals surface area contributed by atoms with Crippen LogP contribution >= 0.6 is 11.6 Å². The minimum absolute atomic E-state index is 0.0370. The average molecular weight is 318 g/mol. The van der Waals surface area contributed by atoms with Gasteiger partial charge in [-0.15, -0.1) is 0 Å². The number of nitrogens with zero attached hydrogens (tertiary/aromatic N) is 1. The molecule has 0 amide bonds. The fourth-order valence-electron chi connectivity index (χ4n) is 1.96. The monoisotopic (exact) mass is 317 g/mol. The number of sulfonamides is 1. The van der Waals surface area contributed by atoms with Gasteiger partial charge in [0, 0.05) is 13.1 Å². The topological polar surface area (TPSA) is 74.7 Å². The molecule has 5 nitrogen and oxygen atoms in total. The molecule has 20 heavy (non-hydrogen) atoms. The Morgan fingerprint density at radius 2 is 2.10 bits per heavy atom. The van der Waals surface area contributed by atoms with E-state index in [1.54, 1.807) is 6.92 Å². The molecule has 0 saturated heterocycles. The number of hydrogen-bond donors (Lipinski definition) is 1. The number of rotatable bonds is 6. The molecule has 1 aliphatic carbocycles. The van der Waals surface area contributed by atoms with Crippen LogP contribution < -0.4 is 0 Å². The molecule has 1 saturated carbocycles. The smallest absolute Gasteiger partial charge is 0.337 e. The van der Waals surface area contributed by atoms with Crippen LogP contribution in [0, 0.1) is 5.92 Å². The molecule has 1 fully saturated rings. The van der Waals surface area contributed by atoms with E-state index in [0.29, 0.717) is 19.0 Å². The summed E-state index contributed by atoms with van der Waals surface area (Å²) in [6.07, 6.45) is 2.12. The fraction of sp³-hybridized carbons (Fsp3) is 0.462. The van der Waals surface area contributed by atoms with Crippen LogP contribution in [0.1, 0.15) is 30.1 Å². The summed E-state index contributed by atoms with van der Waals surface area (Å²) in [4.78, 5) is 10.9. The van der Waals surface area contributed by atoms with Crippen LogP contribution in [0.5, 0.6) is 0 Å². The summed E-state index contributed by atoms with van der Waals surface area (Å²) >= 11 is 5.83. The Morgan fingerprint density at radius 1 is 1.45 bits per heavy atom. The van der Waals surface area contributed by atoms with Gasteiger partial charge in [-0.25, -0.2) is 13.2 Å². The number of halogens is 1. The maximum Gasteiger partial charge on any atom is 0.337 e. The molecular weight excluding hydrogens is 302 g/mol. The second-order valence-corrected chi connectivity index (χ2v) is 7.19. The van der Waals surface area contributed by atoms with E-state index in [0.717, 1.165) is 12.8 Å². The van der Waals surface area contributed by atoms with Gasteiger partial charge in [0.1, 0.15) is 0 Å². The summed E-state index contributed by atoms with van der Waals surface area (Å²) in [6.45, 7) is 2.68. The van der Waals surface area contributed by atoms with Gasteiger partial charge < -0.3 is 5.11 Å². The van der Waals surface area contributed by atoms with Crippen LogP contribution in [0.25, 0.3) is 0 Å². The number of carbonyl (C=O) groups is 1. The van der Waals surface area contributed by atoms with Crippen LogP contribution in [0.15, 0.2) is 23.1 Å². The Balaban J connectivity index is 2.32. The first-order valence-corrected chi connectivity index (χ1v) is 8.21. The Bertz CT molecular complexity index is 625. The number of carboxylic acids is 1. The highest BCUT2D eigenvalue weighted by Crippen LogP contribution is 2.32. The summed E-state index contributed by atoms with van der Waals surface area (Å²) in [6, 6.07) is 3.72. The molecule has 0 radical (unpaired) electrons. The lowest BCUT2D eigenvalue weighted by Gasteiger charge is -2.20. The minimum Gasteiger partial charge on any atom is -0.478 e. The summed E-state index contributed by atoms with van der Waals surface area (Å²) in [7, 11) is -3.62. The summed E-state index contributed by atoms with van der Waals surface area (Å²) in [5.74, 6) is -0.734. The van der Waals surface area contributed by atoms with Crippen molar-refractivity contribution >= 4 is 27.6 Å². The van der Waals surface area contributed by atoms with Crippen molar-refractivity contribution in [1.29, 1.82) is 0 Å². The number of benzene rings is 1. The summed E-state index contributed by atoms with van der Waals surface area (Å²) < 4.78 is 26.4. The molecule has 0 aliphatic heterocycles. The van der Waals surface area contributed by atoms with Crippen LogP contribution in [0.2, 0.25) is 5.02 Å². The third-order valence-electron chi connectivity index (χ3n) is 3.32. The van der Waals surface area contributed by atoms with Crippen molar-refractivity contribution in [2.24, 2.45) is 5.92 Å². The normalized spacial score (nSPS) is 15.6. The molecule has 110 valence electrons. The second kappa shape index (κ2) is 5.71. The lowest BCUT2D eigenvalue weighted by molar-refractivity contribution is 0.0697. The fourth-order valence-corrected chi connectivity index (χ4v) is 3.84. The first-order valence-electron chi connectivity index (χ1n) is 6.39. The van der Waals surface area contributed by atoms with Crippen LogP contribution in [0.4, 0.5) is 0 Å². The van der Waals surface area contributed by atoms with Gasteiger partial charge in [-0.1, -0.05) is 18.5 Å². The van der Waals surface area contributed by atoms with Gasteiger partial charge in [-0.05, 0) is 37.0 Å².